The van der Waals surface area contributed by atoms with Gasteiger partial charge in [-0.25, -0.2) is 9.97 Å². The van der Waals surface area contributed by atoms with Gasteiger partial charge in [0.1, 0.15) is 12.0 Å². The second kappa shape index (κ2) is 4.70. The van der Waals surface area contributed by atoms with Crippen LogP contribution in [-0.2, 0) is 0 Å². The van der Waals surface area contributed by atoms with Gasteiger partial charge in [-0.1, -0.05) is 0 Å². The fraction of sp³-hybridized carbons (Fsp3) is 0.333. The number of aromatic amines is 1. The highest BCUT2D eigenvalue weighted by molar-refractivity contribution is 5.89. The molecule has 104 valence electrons. The van der Waals surface area contributed by atoms with Gasteiger partial charge >= 0.3 is 0 Å². The van der Waals surface area contributed by atoms with E-state index in [1.54, 1.807) is 6.33 Å². The van der Waals surface area contributed by atoms with Crippen LogP contribution in [0.3, 0.4) is 0 Å². The van der Waals surface area contributed by atoms with E-state index in [4.69, 9.17) is 5.26 Å². The Bertz CT molecular complexity index is 824. The van der Waals surface area contributed by atoms with Crippen LogP contribution in [0.5, 0.6) is 0 Å². The third kappa shape index (κ3) is 1.89. The average molecular weight is 278 g/mol. The van der Waals surface area contributed by atoms with Crippen molar-refractivity contribution < 1.29 is 0 Å². The van der Waals surface area contributed by atoms with Crippen LogP contribution in [-0.4, -0.2) is 24.7 Å². The third-order valence-corrected chi connectivity index (χ3v) is 4.30. The van der Waals surface area contributed by atoms with Crippen LogP contribution in [0, 0.1) is 17.2 Å². The fourth-order valence-corrected chi connectivity index (χ4v) is 3.00. The van der Waals surface area contributed by atoms with E-state index < -0.39 is 0 Å². The molecule has 3 aromatic heterocycles. The molecule has 4 rings (SSSR count). The quantitative estimate of drug-likeness (QED) is 0.798. The first kappa shape index (κ1) is 12.1. The maximum atomic E-state index is 8.84. The molecule has 2 atom stereocenters. The van der Waals surface area contributed by atoms with Crippen molar-refractivity contribution >= 4 is 11.0 Å². The summed E-state index contributed by atoms with van der Waals surface area (Å²) in [6.07, 6.45) is 10.1. The molecule has 1 saturated carbocycles. The molecule has 21 heavy (non-hydrogen) atoms. The number of hydrogen-bond acceptors (Lipinski definition) is 4. The van der Waals surface area contributed by atoms with Crippen LogP contribution >= 0.6 is 0 Å². The van der Waals surface area contributed by atoms with E-state index >= 15 is 0 Å². The predicted octanol–water partition coefficient (Wildman–Crippen LogP) is 2.69. The van der Waals surface area contributed by atoms with Gasteiger partial charge in [-0.05, 0) is 24.8 Å². The minimum absolute atomic E-state index is 0.349. The molecule has 0 aliphatic heterocycles. The number of rotatable bonds is 3. The summed E-state index contributed by atoms with van der Waals surface area (Å²) < 4.78 is 1.99. The van der Waals surface area contributed by atoms with Crippen LogP contribution < -0.4 is 0 Å². The molecule has 1 fully saturated rings. The lowest BCUT2D eigenvalue weighted by molar-refractivity contribution is 0.171. The van der Waals surface area contributed by atoms with Gasteiger partial charge in [-0.3, -0.25) is 4.68 Å². The monoisotopic (exact) mass is 278 g/mol. The normalized spacial score (nSPS) is 21.1. The first-order valence-corrected chi connectivity index (χ1v) is 7.06. The zero-order valence-electron chi connectivity index (χ0n) is 11.4. The Morgan fingerprint density at radius 3 is 3.14 bits per heavy atom. The molecule has 1 aliphatic rings. The highest BCUT2D eigenvalue weighted by Gasteiger charge is 2.32. The minimum Gasteiger partial charge on any atom is -0.346 e. The Balaban J connectivity index is 1.69. The van der Waals surface area contributed by atoms with Gasteiger partial charge in [-0.2, -0.15) is 10.4 Å². The number of aromatic nitrogens is 5. The van der Waals surface area contributed by atoms with Crippen LogP contribution in [0.1, 0.15) is 25.3 Å². The number of nitrogens with one attached hydrogen (secondary N) is 1. The number of nitrogens with zero attached hydrogens (tertiary/aromatic N) is 5. The van der Waals surface area contributed by atoms with Crippen molar-refractivity contribution in [1.82, 2.24) is 24.7 Å². The van der Waals surface area contributed by atoms with Crippen LogP contribution in [0.15, 0.2) is 31.0 Å². The first-order chi connectivity index (χ1) is 10.4. The van der Waals surface area contributed by atoms with E-state index in [1.165, 1.54) is 0 Å². The van der Waals surface area contributed by atoms with Gasteiger partial charge in [0.25, 0.3) is 0 Å². The minimum atomic E-state index is 0.349. The molecule has 0 amide bonds. The molecule has 1 N–H and O–H groups in total. The molecule has 6 heteroatoms. The lowest BCUT2D eigenvalue weighted by Gasteiger charge is -2.35. The van der Waals surface area contributed by atoms with E-state index in [0.717, 1.165) is 35.1 Å². The Kier molecular flexibility index (Phi) is 2.71. The van der Waals surface area contributed by atoms with E-state index in [-0.39, 0.29) is 0 Å². The SMILES string of the molecule is N#CCC1CCC1n1cc(-c2ncnc3[nH]ccc23)cn1. The maximum Gasteiger partial charge on any atom is 0.141 e. The van der Waals surface area contributed by atoms with Crippen molar-refractivity contribution in [2.24, 2.45) is 5.92 Å². The van der Waals surface area contributed by atoms with E-state index in [2.05, 4.69) is 26.1 Å². The van der Waals surface area contributed by atoms with Gasteiger partial charge in [0.2, 0.25) is 0 Å². The van der Waals surface area contributed by atoms with Crippen molar-refractivity contribution in [2.45, 2.75) is 25.3 Å². The standard InChI is InChI=1S/C15H14N6/c16-5-3-10-1-2-13(10)21-8-11(7-20-21)14-12-4-6-17-15(12)19-9-18-14/h4,6-10,13H,1-3H2,(H,17,18,19). The maximum absolute atomic E-state index is 8.84. The summed E-state index contributed by atoms with van der Waals surface area (Å²) in [7, 11) is 0. The highest BCUT2D eigenvalue weighted by atomic mass is 15.3. The van der Waals surface area contributed by atoms with Crippen LogP contribution in [0.2, 0.25) is 0 Å². The topological polar surface area (TPSA) is 83.2 Å². The molecule has 0 bridgehead atoms. The summed E-state index contributed by atoms with van der Waals surface area (Å²) >= 11 is 0. The lowest BCUT2D eigenvalue weighted by atomic mass is 9.78. The molecule has 6 nitrogen and oxygen atoms in total. The summed E-state index contributed by atoms with van der Waals surface area (Å²) in [5, 5.41) is 14.3. The predicted molar refractivity (Wildman–Crippen MR) is 77.1 cm³/mol. The number of H-pyrrole nitrogens is 1. The summed E-state index contributed by atoms with van der Waals surface area (Å²) in [5.41, 5.74) is 2.71. The van der Waals surface area contributed by atoms with Gasteiger partial charge in [0.05, 0.1) is 24.0 Å². The molecule has 3 aromatic rings. The van der Waals surface area contributed by atoms with Crippen molar-refractivity contribution in [2.75, 3.05) is 0 Å². The van der Waals surface area contributed by atoms with Crippen LogP contribution in [0.4, 0.5) is 0 Å². The molecule has 2 unspecified atom stereocenters. The molecular weight excluding hydrogens is 264 g/mol. The highest BCUT2D eigenvalue weighted by Crippen LogP contribution is 2.40. The lowest BCUT2D eigenvalue weighted by Crippen LogP contribution is -2.29. The molecule has 0 aromatic carbocycles. The average Bonchev–Trinajstić information content (AvgIpc) is 3.12. The zero-order valence-corrected chi connectivity index (χ0v) is 11.4. The Morgan fingerprint density at radius 2 is 2.33 bits per heavy atom. The second-order valence-electron chi connectivity index (χ2n) is 5.44. The summed E-state index contributed by atoms with van der Waals surface area (Å²) in [5.74, 6) is 0.431. The zero-order chi connectivity index (χ0) is 14.2. The molecular formula is C15H14N6. The van der Waals surface area contributed by atoms with Crippen molar-refractivity contribution in [1.29, 1.82) is 5.26 Å². The summed E-state index contributed by atoms with van der Waals surface area (Å²) in [4.78, 5) is 11.7. The van der Waals surface area contributed by atoms with Gasteiger partial charge in [-0.15, -0.1) is 0 Å². The van der Waals surface area contributed by atoms with E-state index in [9.17, 15) is 0 Å². The second-order valence-corrected chi connectivity index (χ2v) is 5.44. The smallest absolute Gasteiger partial charge is 0.141 e. The van der Waals surface area contributed by atoms with E-state index in [1.807, 2.05) is 29.3 Å². The molecule has 1 aliphatic carbocycles. The van der Waals surface area contributed by atoms with Crippen molar-refractivity contribution in [3.63, 3.8) is 0 Å². The molecule has 0 saturated heterocycles. The first-order valence-electron chi connectivity index (χ1n) is 7.06. The van der Waals surface area contributed by atoms with Gasteiger partial charge < -0.3 is 4.98 Å². The van der Waals surface area contributed by atoms with Crippen molar-refractivity contribution in [3.05, 3.63) is 31.0 Å². The third-order valence-electron chi connectivity index (χ3n) is 4.30. The molecule has 0 radical (unpaired) electrons. The summed E-state index contributed by atoms with van der Waals surface area (Å²) in [6.45, 7) is 0. The number of hydrogen-bond donors (Lipinski definition) is 1. The van der Waals surface area contributed by atoms with Gasteiger partial charge in [0.15, 0.2) is 0 Å². The molecule has 3 heterocycles. The Morgan fingerprint density at radius 1 is 1.38 bits per heavy atom. The Labute approximate surface area is 121 Å². The fourth-order valence-electron chi connectivity index (χ4n) is 3.00. The summed E-state index contributed by atoms with van der Waals surface area (Å²) in [6, 6.07) is 4.59. The van der Waals surface area contributed by atoms with Crippen LogP contribution in [0.25, 0.3) is 22.3 Å². The molecule has 0 spiro atoms. The number of fused-ring (bicyclic) bond motifs is 1. The van der Waals surface area contributed by atoms with Crippen molar-refractivity contribution in [3.8, 4) is 17.3 Å². The van der Waals surface area contributed by atoms with Gasteiger partial charge in [0, 0.05) is 29.8 Å². The number of nitriles is 1. The Hall–Kier alpha value is -2.68. The van der Waals surface area contributed by atoms with E-state index in [0.29, 0.717) is 18.4 Å². The largest absolute Gasteiger partial charge is 0.346 e.